The van der Waals surface area contributed by atoms with Crippen molar-refractivity contribution < 1.29 is 18.3 Å². The predicted molar refractivity (Wildman–Crippen MR) is 107 cm³/mol. The predicted octanol–water partition coefficient (Wildman–Crippen LogP) is 4.87. The Balaban J connectivity index is 2.32. The number of benzene rings is 2. The minimum absolute atomic E-state index is 0.0362. The summed E-state index contributed by atoms with van der Waals surface area (Å²) in [5.41, 5.74) is -0.858. The minimum Gasteiger partial charge on any atom is -0.462 e. The van der Waals surface area contributed by atoms with Gasteiger partial charge in [-0.25, -0.2) is 13.6 Å². The number of ether oxygens (including phenoxy) is 1. The third kappa shape index (κ3) is 3.42. The van der Waals surface area contributed by atoms with Gasteiger partial charge in [0.2, 0.25) is 5.43 Å². The summed E-state index contributed by atoms with van der Waals surface area (Å²) < 4.78 is 36.5. The molecule has 7 heteroatoms. The van der Waals surface area contributed by atoms with Gasteiger partial charge in [0, 0.05) is 17.6 Å². The molecular weight excluding hydrogens is 384 g/mol. The molecule has 4 nitrogen and oxygen atoms in total. The van der Waals surface area contributed by atoms with E-state index in [4.69, 9.17) is 4.74 Å². The zero-order chi connectivity index (χ0) is 20.4. The topological polar surface area (TPSA) is 48.3 Å². The summed E-state index contributed by atoms with van der Waals surface area (Å²) in [7, 11) is 0. The second kappa shape index (κ2) is 8.14. The van der Waals surface area contributed by atoms with Gasteiger partial charge in [-0.05, 0) is 43.9 Å². The lowest BCUT2D eigenvalue weighted by atomic mass is 10.0. The SMILES string of the molecule is CCOC(=O)c1cn(CC)c2c(F)c(-c3ccc(SC)cc3)c(F)cc2c1=O. The molecule has 0 unspecified atom stereocenters. The van der Waals surface area contributed by atoms with E-state index in [2.05, 4.69) is 0 Å². The Kier molecular flexibility index (Phi) is 5.84. The molecule has 0 spiro atoms. The average Bonchev–Trinajstić information content (AvgIpc) is 2.69. The zero-order valence-electron chi connectivity index (χ0n) is 15.7. The van der Waals surface area contributed by atoms with Crippen molar-refractivity contribution >= 4 is 28.6 Å². The van der Waals surface area contributed by atoms with Gasteiger partial charge in [0.25, 0.3) is 0 Å². The molecule has 3 rings (SSSR count). The molecule has 0 amide bonds. The molecule has 0 atom stereocenters. The summed E-state index contributed by atoms with van der Waals surface area (Å²) in [5, 5.41) is -0.188. The van der Waals surface area contributed by atoms with E-state index >= 15 is 4.39 Å². The van der Waals surface area contributed by atoms with E-state index in [1.807, 2.05) is 6.26 Å². The van der Waals surface area contributed by atoms with Crippen LogP contribution in [0.4, 0.5) is 8.78 Å². The van der Waals surface area contributed by atoms with Crippen molar-refractivity contribution in [1.29, 1.82) is 0 Å². The van der Waals surface area contributed by atoms with E-state index in [9.17, 15) is 14.0 Å². The van der Waals surface area contributed by atoms with E-state index in [0.29, 0.717) is 5.56 Å². The number of aromatic nitrogens is 1. The number of halogens is 2. The Morgan fingerprint density at radius 1 is 1.18 bits per heavy atom. The lowest BCUT2D eigenvalue weighted by Gasteiger charge is -2.15. The first-order valence-corrected chi connectivity index (χ1v) is 10.0. The van der Waals surface area contributed by atoms with Gasteiger partial charge in [-0.1, -0.05) is 12.1 Å². The molecular formula is C21H19F2NO3S. The van der Waals surface area contributed by atoms with E-state index in [0.717, 1.165) is 11.0 Å². The molecule has 0 radical (unpaired) electrons. The van der Waals surface area contributed by atoms with Gasteiger partial charge in [0.05, 0.1) is 23.1 Å². The van der Waals surface area contributed by atoms with Gasteiger partial charge in [-0.2, -0.15) is 0 Å². The number of rotatable bonds is 5. The van der Waals surface area contributed by atoms with Crippen molar-refractivity contribution in [3.05, 3.63) is 63.9 Å². The number of esters is 1. The molecule has 0 saturated heterocycles. The number of fused-ring (bicyclic) bond motifs is 1. The van der Waals surface area contributed by atoms with E-state index < -0.39 is 23.0 Å². The van der Waals surface area contributed by atoms with E-state index in [1.165, 1.54) is 22.5 Å². The Morgan fingerprint density at radius 3 is 2.43 bits per heavy atom. The van der Waals surface area contributed by atoms with Crippen LogP contribution in [0.1, 0.15) is 24.2 Å². The van der Waals surface area contributed by atoms with Crippen LogP contribution >= 0.6 is 11.8 Å². The van der Waals surface area contributed by atoms with Crippen LogP contribution in [0.25, 0.3) is 22.0 Å². The first-order chi connectivity index (χ1) is 13.4. The summed E-state index contributed by atoms with van der Waals surface area (Å²) in [6.07, 6.45) is 3.18. The average molecular weight is 403 g/mol. The number of carbonyl (C=O) groups is 1. The van der Waals surface area contributed by atoms with Crippen LogP contribution < -0.4 is 5.43 Å². The summed E-state index contributed by atoms with van der Waals surface area (Å²) in [6.45, 7) is 3.74. The van der Waals surface area contributed by atoms with Crippen molar-refractivity contribution in [2.75, 3.05) is 12.9 Å². The number of aryl methyl sites for hydroxylation is 1. The third-order valence-corrected chi connectivity index (χ3v) is 5.21. The van der Waals surface area contributed by atoms with Crippen LogP contribution in [0.3, 0.4) is 0 Å². The quantitative estimate of drug-likeness (QED) is 0.451. The molecule has 0 aliphatic carbocycles. The highest BCUT2D eigenvalue weighted by molar-refractivity contribution is 7.98. The van der Waals surface area contributed by atoms with Crippen molar-refractivity contribution in [1.82, 2.24) is 4.57 Å². The molecule has 0 aliphatic heterocycles. The number of hydrogen-bond acceptors (Lipinski definition) is 4. The monoisotopic (exact) mass is 403 g/mol. The van der Waals surface area contributed by atoms with Crippen molar-refractivity contribution in [3.8, 4) is 11.1 Å². The van der Waals surface area contributed by atoms with Crippen molar-refractivity contribution in [2.45, 2.75) is 25.3 Å². The number of carbonyl (C=O) groups excluding carboxylic acids is 1. The highest BCUT2D eigenvalue weighted by Crippen LogP contribution is 2.32. The second-order valence-corrected chi connectivity index (χ2v) is 6.93. The normalized spacial score (nSPS) is 11.0. The lowest BCUT2D eigenvalue weighted by Crippen LogP contribution is -2.21. The lowest BCUT2D eigenvalue weighted by molar-refractivity contribution is 0.0524. The van der Waals surface area contributed by atoms with Gasteiger partial charge in [0.1, 0.15) is 11.4 Å². The smallest absolute Gasteiger partial charge is 0.343 e. The van der Waals surface area contributed by atoms with Crippen LogP contribution in [0.15, 0.2) is 46.2 Å². The van der Waals surface area contributed by atoms with Gasteiger partial charge < -0.3 is 9.30 Å². The standard InChI is InChI=1S/C21H19F2NO3S/c1-4-24-11-15(21(26)27-5-2)20(25)14-10-16(22)17(18(23)19(14)24)12-6-8-13(28-3)9-7-12/h6-11H,4-5H2,1-3H3. The van der Waals surface area contributed by atoms with Crippen LogP contribution in [0.5, 0.6) is 0 Å². The van der Waals surface area contributed by atoms with Crippen LogP contribution in [0.2, 0.25) is 0 Å². The molecule has 3 aromatic rings. The molecule has 0 N–H and O–H groups in total. The molecule has 0 saturated carbocycles. The number of thioether (sulfide) groups is 1. The summed E-state index contributed by atoms with van der Waals surface area (Å²) in [4.78, 5) is 25.7. The maximum absolute atomic E-state index is 15.4. The van der Waals surface area contributed by atoms with E-state index in [-0.39, 0.29) is 35.2 Å². The van der Waals surface area contributed by atoms with Crippen LogP contribution in [-0.2, 0) is 11.3 Å². The molecule has 1 aromatic heterocycles. The molecule has 1 heterocycles. The molecule has 0 aliphatic rings. The first-order valence-electron chi connectivity index (χ1n) is 8.79. The number of nitrogens with zero attached hydrogens (tertiary/aromatic N) is 1. The zero-order valence-corrected chi connectivity index (χ0v) is 16.5. The van der Waals surface area contributed by atoms with Gasteiger partial charge in [-0.3, -0.25) is 4.79 Å². The maximum Gasteiger partial charge on any atom is 0.343 e. The summed E-state index contributed by atoms with van der Waals surface area (Å²) >= 11 is 1.52. The second-order valence-electron chi connectivity index (χ2n) is 6.05. The fraction of sp³-hybridized carbons (Fsp3) is 0.238. The third-order valence-electron chi connectivity index (χ3n) is 4.47. The number of pyridine rings is 1. The molecule has 146 valence electrons. The maximum atomic E-state index is 15.4. The number of hydrogen-bond donors (Lipinski definition) is 0. The Bertz CT molecular complexity index is 1110. The summed E-state index contributed by atoms with van der Waals surface area (Å²) in [6, 6.07) is 7.83. The summed E-state index contributed by atoms with van der Waals surface area (Å²) in [5.74, 6) is -2.50. The van der Waals surface area contributed by atoms with Crippen molar-refractivity contribution in [2.24, 2.45) is 0 Å². The minimum atomic E-state index is -0.859. The molecule has 2 aromatic carbocycles. The molecule has 28 heavy (non-hydrogen) atoms. The highest BCUT2D eigenvalue weighted by atomic mass is 32.2. The van der Waals surface area contributed by atoms with Gasteiger partial charge in [0.15, 0.2) is 5.82 Å². The first kappa shape index (κ1) is 20.1. The molecule has 0 fully saturated rings. The van der Waals surface area contributed by atoms with E-state index in [1.54, 1.807) is 38.1 Å². The van der Waals surface area contributed by atoms with Crippen LogP contribution in [0, 0.1) is 11.6 Å². The highest BCUT2D eigenvalue weighted by Gasteiger charge is 2.23. The Hall–Kier alpha value is -2.67. The van der Waals surface area contributed by atoms with Gasteiger partial charge >= 0.3 is 5.97 Å². The Morgan fingerprint density at radius 2 is 1.86 bits per heavy atom. The fourth-order valence-electron chi connectivity index (χ4n) is 3.11. The van der Waals surface area contributed by atoms with Crippen molar-refractivity contribution in [3.63, 3.8) is 0 Å². The largest absolute Gasteiger partial charge is 0.462 e. The molecule has 0 bridgehead atoms. The fourth-order valence-corrected chi connectivity index (χ4v) is 3.52. The van der Waals surface area contributed by atoms with Gasteiger partial charge in [-0.15, -0.1) is 11.8 Å². The van der Waals surface area contributed by atoms with Crippen LogP contribution in [-0.4, -0.2) is 23.4 Å². The Labute approximate surface area is 165 Å².